The predicted molar refractivity (Wildman–Crippen MR) is 61.7 cm³/mol. The van der Waals surface area contributed by atoms with Crippen LogP contribution in [0.1, 0.15) is 56.0 Å². The van der Waals surface area contributed by atoms with Crippen LogP contribution in [0.4, 0.5) is 0 Å². The van der Waals surface area contributed by atoms with Crippen molar-refractivity contribution in [1.82, 2.24) is 9.97 Å². The topological polar surface area (TPSA) is 63.1 Å². The van der Waals surface area contributed by atoms with Crippen molar-refractivity contribution >= 4 is 5.97 Å². The maximum Gasteiger partial charge on any atom is 0.339 e. The van der Waals surface area contributed by atoms with E-state index in [2.05, 4.69) is 30.7 Å². The molecule has 0 spiro atoms. The molecular formula is C12H18N2O2. The second kappa shape index (κ2) is 4.60. The van der Waals surface area contributed by atoms with Gasteiger partial charge in [-0.15, -0.1) is 0 Å². The number of carboxylic acid groups (broad SMARTS) is 1. The number of hydrogen-bond donors (Lipinski definition) is 1. The van der Waals surface area contributed by atoms with Crippen LogP contribution in [-0.4, -0.2) is 21.0 Å². The number of aromatic carboxylic acids is 1. The number of rotatable bonds is 4. The summed E-state index contributed by atoms with van der Waals surface area (Å²) in [5, 5.41) is 8.97. The molecule has 1 heterocycles. The number of carboxylic acids is 1. The molecule has 4 nitrogen and oxygen atoms in total. The summed E-state index contributed by atoms with van der Waals surface area (Å²) in [6.07, 6.45) is 2.94. The fourth-order valence-electron chi connectivity index (χ4n) is 1.35. The van der Waals surface area contributed by atoms with E-state index in [1.54, 1.807) is 0 Å². The molecule has 0 aliphatic rings. The van der Waals surface area contributed by atoms with Gasteiger partial charge < -0.3 is 5.11 Å². The minimum Gasteiger partial charge on any atom is -0.478 e. The second-order valence-corrected chi connectivity index (χ2v) is 4.45. The summed E-state index contributed by atoms with van der Waals surface area (Å²) in [6.45, 7) is 8.09. The van der Waals surface area contributed by atoms with Gasteiger partial charge in [-0.1, -0.05) is 27.7 Å². The molecule has 0 amide bonds. The van der Waals surface area contributed by atoms with Crippen molar-refractivity contribution in [3.8, 4) is 0 Å². The molecule has 0 aromatic carbocycles. The normalized spacial score (nSPS) is 11.5. The highest BCUT2D eigenvalue weighted by atomic mass is 16.4. The number of carbonyl (C=O) groups is 1. The van der Waals surface area contributed by atoms with Crippen molar-refractivity contribution < 1.29 is 9.90 Å². The summed E-state index contributed by atoms with van der Waals surface area (Å²) >= 11 is 0. The van der Waals surface area contributed by atoms with E-state index in [0.29, 0.717) is 12.1 Å². The summed E-state index contributed by atoms with van der Waals surface area (Å²) < 4.78 is 0. The third-order valence-electron chi connectivity index (χ3n) is 2.92. The average Bonchev–Trinajstić information content (AvgIpc) is 2.27. The molecule has 1 N–H and O–H groups in total. The Bertz CT molecular complexity index is 400. The molecule has 0 aliphatic heterocycles. The van der Waals surface area contributed by atoms with Gasteiger partial charge in [-0.3, -0.25) is 0 Å². The fourth-order valence-corrected chi connectivity index (χ4v) is 1.35. The summed E-state index contributed by atoms with van der Waals surface area (Å²) in [4.78, 5) is 19.5. The van der Waals surface area contributed by atoms with Gasteiger partial charge in [0.2, 0.25) is 0 Å². The van der Waals surface area contributed by atoms with E-state index in [-0.39, 0.29) is 11.0 Å². The number of aryl methyl sites for hydroxylation is 1. The van der Waals surface area contributed by atoms with Crippen LogP contribution in [0, 0.1) is 0 Å². The van der Waals surface area contributed by atoms with Crippen molar-refractivity contribution in [1.29, 1.82) is 0 Å². The SMILES string of the molecule is CCc1nc(C(C)(C)CC)ncc1C(=O)O. The van der Waals surface area contributed by atoms with Crippen molar-refractivity contribution in [3.63, 3.8) is 0 Å². The van der Waals surface area contributed by atoms with Gasteiger partial charge in [0.15, 0.2) is 0 Å². The monoisotopic (exact) mass is 222 g/mol. The van der Waals surface area contributed by atoms with Crippen LogP contribution in [0.3, 0.4) is 0 Å². The van der Waals surface area contributed by atoms with E-state index in [4.69, 9.17) is 5.11 Å². The van der Waals surface area contributed by atoms with Crippen LogP contribution in [0.2, 0.25) is 0 Å². The third kappa shape index (κ3) is 2.38. The molecule has 0 saturated heterocycles. The van der Waals surface area contributed by atoms with E-state index in [9.17, 15) is 4.79 Å². The van der Waals surface area contributed by atoms with Gasteiger partial charge in [0.25, 0.3) is 0 Å². The summed E-state index contributed by atoms with van der Waals surface area (Å²) in [7, 11) is 0. The molecule has 0 aliphatic carbocycles. The van der Waals surface area contributed by atoms with Crippen LogP contribution in [0.25, 0.3) is 0 Å². The molecule has 1 aromatic rings. The van der Waals surface area contributed by atoms with Crippen LogP contribution in [0.15, 0.2) is 6.20 Å². The molecule has 4 heteroatoms. The molecule has 0 radical (unpaired) electrons. The molecule has 1 rings (SSSR count). The maximum absolute atomic E-state index is 10.9. The van der Waals surface area contributed by atoms with Gasteiger partial charge >= 0.3 is 5.97 Å². The number of nitrogens with zero attached hydrogens (tertiary/aromatic N) is 2. The zero-order valence-corrected chi connectivity index (χ0v) is 10.2. The molecule has 0 bridgehead atoms. The number of aromatic nitrogens is 2. The van der Waals surface area contributed by atoms with Gasteiger partial charge in [-0.05, 0) is 12.8 Å². The first-order chi connectivity index (χ1) is 7.42. The molecular weight excluding hydrogens is 204 g/mol. The molecule has 0 saturated carbocycles. The maximum atomic E-state index is 10.9. The smallest absolute Gasteiger partial charge is 0.339 e. The molecule has 1 aromatic heterocycles. The lowest BCUT2D eigenvalue weighted by atomic mass is 9.89. The predicted octanol–water partition coefficient (Wildman–Crippen LogP) is 2.42. The summed E-state index contributed by atoms with van der Waals surface area (Å²) in [5.74, 6) is -0.241. The van der Waals surface area contributed by atoms with Gasteiger partial charge in [-0.2, -0.15) is 0 Å². The lowest BCUT2D eigenvalue weighted by molar-refractivity contribution is 0.0694. The van der Waals surface area contributed by atoms with Gasteiger partial charge in [0.1, 0.15) is 5.82 Å². The van der Waals surface area contributed by atoms with Gasteiger partial charge in [-0.25, -0.2) is 14.8 Å². The first-order valence-corrected chi connectivity index (χ1v) is 5.52. The van der Waals surface area contributed by atoms with Crippen LogP contribution >= 0.6 is 0 Å². The van der Waals surface area contributed by atoms with Crippen LogP contribution in [-0.2, 0) is 11.8 Å². The van der Waals surface area contributed by atoms with Crippen molar-refractivity contribution in [2.45, 2.75) is 46.0 Å². The Morgan fingerprint density at radius 1 is 1.44 bits per heavy atom. The molecule has 88 valence electrons. The first kappa shape index (κ1) is 12.6. The Morgan fingerprint density at radius 3 is 2.50 bits per heavy atom. The van der Waals surface area contributed by atoms with Crippen molar-refractivity contribution in [2.75, 3.05) is 0 Å². The zero-order chi connectivity index (χ0) is 12.3. The van der Waals surface area contributed by atoms with Crippen LogP contribution < -0.4 is 0 Å². The first-order valence-electron chi connectivity index (χ1n) is 5.52. The van der Waals surface area contributed by atoms with Crippen LogP contribution in [0.5, 0.6) is 0 Å². The Morgan fingerprint density at radius 2 is 2.06 bits per heavy atom. The minimum atomic E-state index is -0.960. The molecule has 0 unspecified atom stereocenters. The van der Waals surface area contributed by atoms with Gasteiger partial charge in [0, 0.05) is 11.6 Å². The standard InChI is InChI=1S/C12H18N2O2/c1-5-9-8(10(15)16)7-13-11(14-9)12(3,4)6-2/h7H,5-6H2,1-4H3,(H,15,16). The molecule has 0 atom stereocenters. The Balaban J connectivity index is 3.24. The lowest BCUT2D eigenvalue weighted by Gasteiger charge is -2.21. The van der Waals surface area contributed by atoms with Crippen molar-refractivity contribution in [3.05, 3.63) is 23.3 Å². The summed E-state index contributed by atoms with van der Waals surface area (Å²) in [6, 6.07) is 0. The Kier molecular flexibility index (Phi) is 3.62. The van der Waals surface area contributed by atoms with Gasteiger partial charge in [0.05, 0.1) is 11.3 Å². The number of hydrogen-bond acceptors (Lipinski definition) is 3. The lowest BCUT2D eigenvalue weighted by Crippen LogP contribution is -2.21. The minimum absolute atomic E-state index is 0.110. The molecule has 0 fully saturated rings. The zero-order valence-electron chi connectivity index (χ0n) is 10.2. The van der Waals surface area contributed by atoms with E-state index in [0.717, 1.165) is 12.2 Å². The average molecular weight is 222 g/mol. The highest BCUT2D eigenvalue weighted by Crippen LogP contribution is 2.23. The van der Waals surface area contributed by atoms with E-state index >= 15 is 0 Å². The highest BCUT2D eigenvalue weighted by molar-refractivity contribution is 5.88. The summed E-state index contributed by atoms with van der Waals surface area (Å²) in [5.41, 5.74) is 0.707. The van der Waals surface area contributed by atoms with Crippen molar-refractivity contribution in [2.24, 2.45) is 0 Å². The Hall–Kier alpha value is -1.45. The Labute approximate surface area is 95.7 Å². The third-order valence-corrected chi connectivity index (χ3v) is 2.92. The highest BCUT2D eigenvalue weighted by Gasteiger charge is 2.23. The fraction of sp³-hybridized carbons (Fsp3) is 0.583. The largest absolute Gasteiger partial charge is 0.478 e. The van der Waals surface area contributed by atoms with E-state index < -0.39 is 5.97 Å². The quantitative estimate of drug-likeness (QED) is 0.849. The molecule has 16 heavy (non-hydrogen) atoms. The van der Waals surface area contributed by atoms with E-state index in [1.807, 2.05) is 6.92 Å². The van der Waals surface area contributed by atoms with E-state index in [1.165, 1.54) is 6.20 Å². The second-order valence-electron chi connectivity index (χ2n) is 4.45.